The number of hydrogen-bond donors (Lipinski definition) is 1. The molecule has 0 bridgehead atoms. The molecule has 3 rings (SSSR count). The van der Waals surface area contributed by atoms with E-state index in [2.05, 4.69) is 10.2 Å². The van der Waals surface area contributed by atoms with E-state index in [9.17, 15) is 9.18 Å². The minimum absolute atomic E-state index is 0.0360. The lowest BCUT2D eigenvalue weighted by atomic mass is 9.76. The highest BCUT2D eigenvalue weighted by Gasteiger charge is 2.40. The third-order valence-electron chi connectivity index (χ3n) is 5.88. The highest BCUT2D eigenvalue weighted by Crippen LogP contribution is 2.37. The fourth-order valence-electron chi connectivity index (χ4n) is 4.52. The van der Waals surface area contributed by atoms with E-state index in [4.69, 9.17) is 9.47 Å². The van der Waals surface area contributed by atoms with Gasteiger partial charge in [-0.05, 0) is 56.4 Å². The van der Waals surface area contributed by atoms with Crippen LogP contribution in [0.2, 0.25) is 0 Å². The first-order valence-electron chi connectivity index (χ1n) is 10.7. The molecule has 1 N–H and O–H groups in total. The molecule has 1 aromatic rings. The van der Waals surface area contributed by atoms with E-state index in [1.807, 2.05) is 6.92 Å². The molecule has 0 spiro atoms. The predicted octanol–water partition coefficient (Wildman–Crippen LogP) is 4.36. The van der Waals surface area contributed by atoms with Gasteiger partial charge in [0, 0.05) is 31.6 Å². The van der Waals surface area contributed by atoms with Crippen LogP contribution in [0.25, 0.3) is 0 Å². The molecule has 1 saturated carbocycles. The molecule has 28 heavy (non-hydrogen) atoms. The van der Waals surface area contributed by atoms with Crippen LogP contribution in [0.1, 0.15) is 51.9 Å². The van der Waals surface area contributed by atoms with Gasteiger partial charge in [0.2, 0.25) is 0 Å². The summed E-state index contributed by atoms with van der Waals surface area (Å²) in [6, 6.07) is 6.67. The smallest absolute Gasteiger partial charge is 0.407 e. The van der Waals surface area contributed by atoms with Crippen LogP contribution in [0.4, 0.5) is 9.18 Å². The molecule has 1 aromatic carbocycles. The van der Waals surface area contributed by atoms with Crippen LogP contribution in [0.3, 0.4) is 0 Å². The molecule has 156 valence electrons. The number of nitrogens with zero attached hydrogens (tertiary/aromatic N) is 1. The second kappa shape index (κ2) is 10.6. The summed E-state index contributed by atoms with van der Waals surface area (Å²) in [5.74, 6) is 0.902. The molecule has 2 aliphatic rings. The van der Waals surface area contributed by atoms with Crippen molar-refractivity contribution in [1.29, 1.82) is 0 Å². The number of carbonyl (C=O) groups is 1. The van der Waals surface area contributed by atoms with Crippen molar-refractivity contribution < 1.29 is 18.7 Å². The van der Waals surface area contributed by atoms with Crippen LogP contribution in [-0.4, -0.2) is 49.4 Å². The van der Waals surface area contributed by atoms with Gasteiger partial charge < -0.3 is 14.8 Å². The topological polar surface area (TPSA) is 50.8 Å². The number of nitrogens with one attached hydrogen (secondary N) is 1. The molecule has 6 heteroatoms. The van der Waals surface area contributed by atoms with Crippen molar-refractivity contribution in [3.8, 4) is 5.75 Å². The maximum absolute atomic E-state index is 13.0. The number of hydrogen-bond acceptors (Lipinski definition) is 4. The Morgan fingerprint density at radius 3 is 2.79 bits per heavy atom. The number of amides is 1. The molecule has 5 nitrogen and oxygen atoms in total. The zero-order valence-corrected chi connectivity index (χ0v) is 16.9. The van der Waals surface area contributed by atoms with Gasteiger partial charge in [-0.25, -0.2) is 9.18 Å². The van der Waals surface area contributed by atoms with Crippen molar-refractivity contribution >= 4 is 6.09 Å². The van der Waals surface area contributed by atoms with Gasteiger partial charge in [-0.1, -0.05) is 19.8 Å². The molecule has 1 unspecified atom stereocenters. The maximum atomic E-state index is 13.0. The van der Waals surface area contributed by atoms with Crippen LogP contribution >= 0.6 is 0 Å². The number of benzene rings is 1. The SMILES string of the molecule is CCCNC(=O)O[C@H]1CCN(CCCOc2ccc(F)cc2)C2CCCC[C@H]21. The Hall–Kier alpha value is -1.82. The molecular formula is C22H33FN2O3. The number of ether oxygens (including phenoxy) is 2. The first-order chi connectivity index (χ1) is 13.7. The largest absolute Gasteiger partial charge is 0.494 e. The summed E-state index contributed by atoms with van der Waals surface area (Å²) < 4.78 is 24.5. The maximum Gasteiger partial charge on any atom is 0.407 e. The van der Waals surface area contributed by atoms with E-state index < -0.39 is 0 Å². The standard InChI is InChI=1S/C22H33FN2O3/c1-2-13-24-22(26)28-21-12-15-25(20-7-4-3-6-19(20)21)14-5-16-27-18-10-8-17(23)9-11-18/h8-11,19-21H,2-7,12-16H2,1H3,(H,24,26)/t19-,20?,21+/m1/s1. The lowest BCUT2D eigenvalue weighted by molar-refractivity contribution is -0.0444. The molecule has 0 radical (unpaired) electrons. The van der Waals surface area contributed by atoms with Crippen molar-refractivity contribution in [3.63, 3.8) is 0 Å². The first kappa shape index (κ1) is 20.9. The zero-order valence-electron chi connectivity index (χ0n) is 16.9. The quantitative estimate of drug-likeness (QED) is 0.668. The summed E-state index contributed by atoms with van der Waals surface area (Å²) in [4.78, 5) is 14.6. The fourth-order valence-corrected chi connectivity index (χ4v) is 4.52. The molecule has 1 heterocycles. The van der Waals surface area contributed by atoms with Gasteiger partial charge in [-0.15, -0.1) is 0 Å². The number of piperidine rings is 1. The summed E-state index contributed by atoms with van der Waals surface area (Å²) in [6.07, 6.45) is 7.31. The van der Waals surface area contributed by atoms with E-state index in [0.717, 1.165) is 38.8 Å². The van der Waals surface area contributed by atoms with E-state index in [1.165, 1.54) is 31.4 Å². The van der Waals surface area contributed by atoms with Crippen molar-refractivity contribution in [2.75, 3.05) is 26.2 Å². The number of halogens is 1. The van der Waals surface area contributed by atoms with Crippen molar-refractivity contribution in [1.82, 2.24) is 10.2 Å². The van der Waals surface area contributed by atoms with Crippen LogP contribution in [0.5, 0.6) is 5.75 Å². The van der Waals surface area contributed by atoms with Crippen LogP contribution in [0.15, 0.2) is 24.3 Å². The van der Waals surface area contributed by atoms with E-state index in [0.29, 0.717) is 30.9 Å². The van der Waals surface area contributed by atoms with Crippen molar-refractivity contribution in [2.45, 2.75) is 64.0 Å². The molecule has 1 aliphatic heterocycles. The van der Waals surface area contributed by atoms with E-state index in [-0.39, 0.29) is 18.0 Å². The van der Waals surface area contributed by atoms with E-state index in [1.54, 1.807) is 12.1 Å². The van der Waals surface area contributed by atoms with Crippen molar-refractivity contribution in [3.05, 3.63) is 30.1 Å². The average molecular weight is 393 g/mol. The number of likely N-dealkylation sites (tertiary alicyclic amines) is 1. The molecule has 2 fully saturated rings. The van der Waals surface area contributed by atoms with Crippen LogP contribution < -0.4 is 10.1 Å². The molecule has 3 atom stereocenters. The summed E-state index contributed by atoms with van der Waals surface area (Å²) in [5.41, 5.74) is 0. The average Bonchev–Trinajstić information content (AvgIpc) is 2.72. The molecule has 1 saturated heterocycles. The van der Waals surface area contributed by atoms with Gasteiger partial charge >= 0.3 is 6.09 Å². The third-order valence-corrected chi connectivity index (χ3v) is 5.88. The van der Waals surface area contributed by atoms with Gasteiger partial charge in [0.25, 0.3) is 0 Å². The van der Waals surface area contributed by atoms with Crippen molar-refractivity contribution in [2.24, 2.45) is 5.92 Å². The highest BCUT2D eigenvalue weighted by molar-refractivity contribution is 5.67. The molecule has 1 amide bonds. The number of alkyl carbamates (subject to hydrolysis) is 1. The highest BCUT2D eigenvalue weighted by atomic mass is 19.1. The third kappa shape index (κ3) is 5.84. The fraction of sp³-hybridized carbons (Fsp3) is 0.682. The lowest BCUT2D eigenvalue weighted by Gasteiger charge is -2.47. The normalized spacial score (nSPS) is 25.0. The van der Waals surface area contributed by atoms with Crippen LogP contribution in [-0.2, 0) is 4.74 Å². The van der Waals surface area contributed by atoms with Gasteiger partial charge in [-0.2, -0.15) is 0 Å². The van der Waals surface area contributed by atoms with Gasteiger partial charge in [-0.3, -0.25) is 4.90 Å². The monoisotopic (exact) mass is 392 g/mol. The minimum Gasteiger partial charge on any atom is -0.494 e. The Morgan fingerprint density at radius 2 is 2.00 bits per heavy atom. The number of carbonyl (C=O) groups excluding carboxylic acids is 1. The Balaban J connectivity index is 1.45. The predicted molar refractivity (Wildman–Crippen MR) is 107 cm³/mol. The number of fused-ring (bicyclic) bond motifs is 1. The summed E-state index contributed by atoms with van der Waals surface area (Å²) in [6.45, 7) is 5.27. The summed E-state index contributed by atoms with van der Waals surface area (Å²) in [5, 5.41) is 2.83. The number of rotatable bonds is 8. The van der Waals surface area contributed by atoms with E-state index >= 15 is 0 Å². The Labute approximate surface area is 167 Å². The second-order valence-electron chi connectivity index (χ2n) is 7.87. The minimum atomic E-state index is -0.266. The van der Waals surface area contributed by atoms with Gasteiger partial charge in [0.15, 0.2) is 0 Å². The molecular weight excluding hydrogens is 359 g/mol. The second-order valence-corrected chi connectivity index (χ2v) is 7.87. The Bertz CT molecular complexity index is 610. The summed E-state index contributed by atoms with van der Waals surface area (Å²) in [7, 11) is 0. The lowest BCUT2D eigenvalue weighted by Crippen LogP contribution is -2.54. The zero-order chi connectivity index (χ0) is 19.8. The Morgan fingerprint density at radius 1 is 1.21 bits per heavy atom. The van der Waals surface area contributed by atoms with Crippen LogP contribution in [0, 0.1) is 11.7 Å². The molecule has 1 aliphatic carbocycles. The van der Waals surface area contributed by atoms with Gasteiger partial charge in [0.05, 0.1) is 6.61 Å². The summed E-state index contributed by atoms with van der Waals surface area (Å²) >= 11 is 0. The first-order valence-corrected chi connectivity index (χ1v) is 10.7. The van der Waals surface area contributed by atoms with Gasteiger partial charge in [0.1, 0.15) is 17.7 Å². The molecule has 0 aromatic heterocycles. The Kier molecular flexibility index (Phi) is 7.95.